The topological polar surface area (TPSA) is 57.6 Å². The maximum absolute atomic E-state index is 13.2. The Hall–Kier alpha value is -2.50. The van der Waals surface area contributed by atoms with Crippen LogP contribution in [-0.4, -0.2) is 58.5 Å². The molecule has 140 valence electrons. The van der Waals surface area contributed by atoms with Crippen molar-refractivity contribution >= 4 is 22.8 Å². The summed E-state index contributed by atoms with van der Waals surface area (Å²) < 4.78 is 2.07. The summed E-state index contributed by atoms with van der Waals surface area (Å²) in [4.78, 5) is 29.2. The van der Waals surface area contributed by atoms with Crippen molar-refractivity contribution in [1.82, 2.24) is 19.7 Å². The van der Waals surface area contributed by atoms with Gasteiger partial charge in [-0.2, -0.15) is 0 Å². The van der Waals surface area contributed by atoms with Gasteiger partial charge in [-0.15, -0.1) is 0 Å². The molecule has 1 fully saturated rings. The molecule has 2 heterocycles. The van der Waals surface area contributed by atoms with E-state index in [0.29, 0.717) is 26.2 Å². The fraction of sp³-hybridized carbons (Fsp3) is 0.500. The molecule has 1 aromatic heterocycles. The van der Waals surface area contributed by atoms with Crippen molar-refractivity contribution in [1.29, 1.82) is 0 Å². The minimum atomic E-state index is -0.0457. The summed E-state index contributed by atoms with van der Waals surface area (Å²) in [7, 11) is 1.99. The molecule has 0 atom stereocenters. The molecule has 6 nitrogen and oxygen atoms in total. The van der Waals surface area contributed by atoms with E-state index in [1.807, 2.05) is 61.9 Å². The van der Waals surface area contributed by atoms with Gasteiger partial charge < -0.3 is 19.7 Å². The molecule has 3 amide bonds. The van der Waals surface area contributed by atoms with Crippen LogP contribution in [0.3, 0.4) is 0 Å². The molecule has 1 N–H and O–H groups in total. The number of nitrogens with zero attached hydrogens (tertiary/aromatic N) is 3. The number of carbonyl (C=O) groups is 2. The van der Waals surface area contributed by atoms with E-state index in [9.17, 15) is 9.59 Å². The molecule has 1 saturated heterocycles. The van der Waals surface area contributed by atoms with Crippen LogP contribution in [0.25, 0.3) is 10.9 Å². The van der Waals surface area contributed by atoms with Crippen molar-refractivity contribution in [2.75, 3.05) is 26.2 Å². The molecule has 0 spiro atoms. The minimum Gasteiger partial charge on any atom is -0.347 e. The molecule has 0 unspecified atom stereocenters. The van der Waals surface area contributed by atoms with E-state index in [4.69, 9.17) is 0 Å². The molecule has 1 aliphatic rings. The second-order valence-corrected chi connectivity index (χ2v) is 7.27. The Labute approximate surface area is 154 Å². The summed E-state index contributed by atoms with van der Waals surface area (Å²) in [6.45, 7) is 8.38. The quantitative estimate of drug-likeness (QED) is 0.899. The summed E-state index contributed by atoms with van der Waals surface area (Å²) in [5.74, 6) is 0.0606. The van der Waals surface area contributed by atoms with Gasteiger partial charge in [0.15, 0.2) is 0 Å². The SMILES string of the molecule is Cc1c(C(=O)N2CCCN(C(=O)NC(C)C)CC2)c2ccccc2n1C. The van der Waals surface area contributed by atoms with Crippen LogP contribution in [0.2, 0.25) is 0 Å². The molecule has 2 aromatic rings. The number of aromatic nitrogens is 1. The van der Waals surface area contributed by atoms with E-state index < -0.39 is 0 Å². The molecule has 3 rings (SSSR count). The van der Waals surface area contributed by atoms with Gasteiger partial charge in [0.1, 0.15) is 0 Å². The smallest absolute Gasteiger partial charge is 0.317 e. The molecule has 0 radical (unpaired) electrons. The first kappa shape index (κ1) is 18.3. The molecule has 0 bridgehead atoms. The maximum Gasteiger partial charge on any atom is 0.317 e. The van der Waals surface area contributed by atoms with Gasteiger partial charge in [-0.05, 0) is 33.3 Å². The van der Waals surface area contributed by atoms with Crippen molar-refractivity contribution in [3.05, 3.63) is 35.5 Å². The number of hydrogen-bond acceptors (Lipinski definition) is 2. The molecular formula is C20H28N4O2. The van der Waals surface area contributed by atoms with Crippen LogP contribution in [0.4, 0.5) is 4.79 Å². The lowest BCUT2D eigenvalue weighted by atomic mass is 10.1. The lowest BCUT2D eigenvalue weighted by Gasteiger charge is -2.23. The lowest BCUT2D eigenvalue weighted by molar-refractivity contribution is 0.0763. The Morgan fingerprint density at radius 3 is 2.42 bits per heavy atom. The van der Waals surface area contributed by atoms with E-state index >= 15 is 0 Å². The van der Waals surface area contributed by atoms with Crippen molar-refractivity contribution in [3.63, 3.8) is 0 Å². The number of rotatable bonds is 2. The lowest BCUT2D eigenvalue weighted by Crippen LogP contribution is -2.44. The molecule has 1 aliphatic heterocycles. The fourth-order valence-corrected chi connectivity index (χ4v) is 3.61. The van der Waals surface area contributed by atoms with Crippen LogP contribution in [-0.2, 0) is 7.05 Å². The zero-order valence-corrected chi connectivity index (χ0v) is 16.1. The van der Waals surface area contributed by atoms with Crippen LogP contribution in [0.15, 0.2) is 24.3 Å². The molecular weight excluding hydrogens is 328 g/mol. The molecule has 6 heteroatoms. The number of amides is 3. The zero-order valence-electron chi connectivity index (χ0n) is 16.1. The van der Waals surface area contributed by atoms with Crippen LogP contribution in [0.5, 0.6) is 0 Å². The van der Waals surface area contributed by atoms with Gasteiger partial charge in [0, 0.05) is 55.9 Å². The van der Waals surface area contributed by atoms with E-state index in [1.54, 1.807) is 0 Å². The van der Waals surface area contributed by atoms with Gasteiger partial charge in [-0.1, -0.05) is 18.2 Å². The monoisotopic (exact) mass is 356 g/mol. The molecule has 1 aromatic carbocycles. The van der Waals surface area contributed by atoms with Gasteiger partial charge in [-0.25, -0.2) is 4.79 Å². The van der Waals surface area contributed by atoms with Gasteiger partial charge in [0.2, 0.25) is 0 Å². The standard InChI is InChI=1S/C20H28N4O2/c1-14(2)21-20(26)24-11-7-10-23(12-13-24)19(25)18-15(3)22(4)17-9-6-5-8-16(17)18/h5-6,8-9,14H,7,10-13H2,1-4H3,(H,21,26). The van der Waals surface area contributed by atoms with Crippen LogP contribution < -0.4 is 5.32 Å². The van der Waals surface area contributed by atoms with Crippen LogP contribution in [0, 0.1) is 6.92 Å². The summed E-state index contributed by atoms with van der Waals surface area (Å²) >= 11 is 0. The van der Waals surface area contributed by atoms with Gasteiger partial charge in [-0.3, -0.25) is 4.79 Å². The highest BCUT2D eigenvalue weighted by Gasteiger charge is 2.26. The van der Waals surface area contributed by atoms with Gasteiger partial charge in [0.05, 0.1) is 5.56 Å². The Balaban J connectivity index is 1.79. The second kappa shape index (κ2) is 7.40. The number of nitrogens with one attached hydrogen (secondary N) is 1. The van der Waals surface area contributed by atoms with Crippen molar-refractivity contribution in [2.45, 2.75) is 33.2 Å². The van der Waals surface area contributed by atoms with E-state index in [2.05, 4.69) is 9.88 Å². The third-order valence-electron chi connectivity index (χ3n) is 5.10. The highest BCUT2D eigenvalue weighted by atomic mass is 16.2. The Kier molecular flexibility index (Phi) is 5.20. The average molecular weight is 356 g/mol. The first-order valence-corrected chi connectivity index (χ1v) is 9.29. The number of urea groups is 1. The Bertz CT molecular complexity index is 825. The van der Waals surface area contributed by atoms with Crippen molar-refractivity contribution in [3.8, 4) is 0 Å². The molecule has 26 heavy (non-hydrogen) atoms. The number of hydrogen-bond donors (Lipinski definition) is 1. The van der Waals surface area contributed by atoms with Gasteiger partial charge >= 0.3 is 6.03 Å². The largest absolute Gasteiger partial charge is 0.347 e. The van der Waals surface area contributed by atoms with E-state index in [0.717, 1.165) is 28.6 Å². The second-order valence-electron chi connectivity index (χ2n) is 7.27. The highest BCUT2D eigenvalue weighted by Crippen LogP contribution is 2.26. The van der Waals surface area contributed by atoms with E-state index in [1.165, 1.54) is 0 Å². The summed E-state index contributed by atoms with van der Waals surface area (Å²) in [6.07, 6.45) is 0.793. The summed E-state index contributed by atoms with van der Waals surface area (Å²) in [5, 5.41) is 3.93. The van der Waals surface area contributed by atoms with Gasteiger partial charge in [0.25, 0.3) is 5.91 Å². The Morgan fingerprint density at radius 1 is 1.04 bits per heavy atom. The van der Waals surface area contributed by atoms with Crippen LogP contribution >= 0.6 is 0 Å². The first-order valence-electron chi connectivity index (χ1n) is 9.29. The normalized spacial score (nSPS) is 15.4. The third kappa shape index (κ3) is 3.41. The highest BCUT2D eigenvalue weighted by molar-refractivity contribution is 6.08. The molecule has 0 aliphatic carbocycles. The Morgan fingerprint density at radius 2 is 1.69 bits per heavy atom. The average Bonchev–Trinajstić information content (AvgIpc) is 2.78. The van der Waals surface area contributed by atoms with E-state index in [-0.39, 0.29) is 18.0 Å². The van der Waals surface area contributed by atoms with Crippen molar-refractivity contribution in [2.24, 2.45) is 7.05 Å². The zero-order chi connectivity index (χ0) is 18.8. The predicted molar refractivity (Wildman–Crippen MR) is 103 cm³/mol. The minimum absolute atomic E-state index is 0.0457. The first-order chi connectivity index (χ1) is 12.4. The van der Waals surface area contributed by atoms with Crippen LogP contribution in [0.1, 0.15) is 36.3 Å². The number of aryl methyl sites for hydroxylation is 1. The summed E-state index contributed by atoms with van der Waals surface area (Å²) in [5.41, 5.74) is 2.83. The number of benzene rings is 1. The number of fused-ring (bicyclic) bond motifs is 1. The van der Waals surface area contributed by atoms with Crippen molar-refractivity contribution < 1.29 is 9.59 Å². The number of para-hydroxylation sites is 1. The third-order valence-corrected chi connectivity index (χ3v) is 5.10. The fourth-order valence-electron chi connectivity index (χ4n) is 3.61. The molecule has 0 saturated carbocycles. The predicted octanol–water partition coefficient (Wildman–Crippen LogP) is 2.75. The number of carbonyl (C=O) groups excluding carboxylic acids is 2. The summed E-state index contributed by atoms with van der Waals surface area (Å²) in [6, 6.07) is 8.08. The maximum atomic E-state index is 13.2.